The lowest BCUT2D eigenvalue weighted by atomic mass is 10.1. The number of hydrogen-bond donors (Lipinski definition) is 4. The first-order valence-corrected chi connectivity index (χ1v) is 5.08. The number of nitrogens with zero attached hydrogens (tertiary/aromatic N) is 1. The van der Waals surface area contributed by atoms with E-state index in [9.17, 15) is 15.0 Å². The standard InChI is InChI=1S/C10H13NO6/c12-4-6-8(15)9(16)10(17-6)11-2-1-5(13)3-7(11)14/h1-3,6,8-10,12-13,15-16H,4H2/t6-,8+,9-,10-/m0/s1. The van der Waals surface area contributed by atoms with Crippen molar-refractivity contribution in [3.8, 4) is 5.75 Å². The largest absolute Gasteiger partial charge is 0.508 e. The molecule has 0 saturated carbocycles. The molecule has 2 heterocycles. The number of aliphatic hydroxyl groups is 3. The molecule has 1 aromatic rings. The van der Waals surface area contributed by atoms with Crippen LogP contribution in [0.4, 0.5) is 0 Å². The van der Waals surface area contributed by atoms with Gasteiger partial charge in [0.25, 0.3) is 5.56 Å². The van der Waals surface area contributed by atoms with E-state index in [1.807, 2.05) is 0 Å². The van der Waals surface area contributed by atoms with E-state index in [2.05, 4.69) is 0 Å². The van der Waals surface area contributed by atoms with Crippen molar-refractivity contribution in [3.05, 3.63) is 28.7 Å². The quantitative estimate of drug-likeness (QED) is 0.486. The molecule has 7 nitrogen and oxygen atoms in total. The van der Waals surface area contributed by atoms with E-state index in [0.717, 1.165) is 10.6 Å². The van der Waals surface area contributed by atoms with Gasteiger partial charge in [-0.25, -0.2) is 0 Å². The average Bonchev–Trinajstić information content (AvgIpc) is 2.57. The Labute approximate surface area is 96.1 Å². The normalized spacial score (nSPS) is 32.9. The summed E-state index contributed by atoms with van der Waals surface area (Å²) in [6, 6.07) is 2.23. The molecule has 0 bridgehead atoms. The van der Waals surface area contributed by atoms with Crippen molar-refractivity contribution >= 4 is 0 Å². The molecule has 17 heavy (non-hydrogen) atoms. The van der Waals surface area contributed by atoms with Gasteiger partial charge in [0.1, 0.15) is 24.1 Å². The van der Waals surface area contributed by atoms with Crippen LogP contribution < -0.4 is 5.56 Å². The topological polar surface area (TPSA) is 112 Å². The van der Waals surface area contributed by atoms with E-state index in [0.29, 0.717) is 0 Å². The highest BCUT2D eigenvalue weighted by molar-refractivity contribution is 5.16. The molecule has 0 aromatic carbocycles. The van der Waals surface area contributed by atoms with Crippen LogP contribution in [0.15, 0.2) is 23.1 Å². The van der Waals surface area contributed by atoms with Gasteiger partial charge in [-0.05, 0) is 6.07 Å². The van der Waals surface area contributed by atoms with Crippen molar-refractivity contribution < 1.29 is 25.2 Å². The Balaban J connectivity index is 2.32. The van der Waals surface area contributed by atoms with Gasteiger partial charge in [0.2, 0.25) is 0 Å². The highest BCUT2D eigenvalue weighted by atomic mass is 16.6. The molecule has 0 amide bonds. The van der Waals surface area contributed by atoms with Crippen molar-refractivity contribution in [1.82, 2.24) is 4.57 Å². The second-order valence-corrected chi connectivity index (χ2v) is 3.86. The number of hydrogen-bond acceptors (Lipinski definition) is 6. The molecule has 1 saturated heterocycles. The van der Waals surface area contributed by atoms with Crippen LogP contribution in [0, 0.1) is 0 Å². The van der Waals surface area contributed by atoms with E-state index in [1.54, 1.807) is 0 Å². The number of aromatic hydroxyl groups is 1. The maximum atomic E-state index is 11.5. The third kappa shape index (κ3) is 2.05. The predicted molar refractivity (Wildman–Crippen MR) is 55.4 cm³/mol. The lowest BCUT2D eigenvalue weighted by molar-refractivity contribution is -0.0544. The average molecular weight is 243 g/mol. The van der Waals surface area contributed by atoms with Crippen molar-refractivity contribution in [1.29, 1.82) is 0 Å². The van der Waals surface area contributed by atoms with Crippen LogP contribution in [-0.2, 0) is 4.74 Å². The number of aromatic nitrogens is 1. The Bertz CT molecular complexity index is 458. The minimum Gasteiger partial charge on any atom is -0.508 e. The Kier molecular flexibility index (Phi) is 3.16. The summed E-state index contributed by atoms with van der Waals surface area (Å²) in [5, 5.41) is 37.2. The zero-order valence-electron chi connectivity index (χ0n) is 8.80. The van der Waals surface area contributed by atoms with Gasteiger partial charge in [-0.2, -0.15) is 0 Å². The first kappa shape index (κ1) is 12.1. The Morgan fingerprint density at radius 3 is 2.59 bits per heavy atom. The molecule has 94 valence electrons. The Morgan fingerprint density at radius 2 is 2.06 bits per heavy atom. The summed E-state index contributed by atoms with van der Waals surface area (Å²) in [6.07, 6.45) is -3.33. The molecular formula is C10H13NO6. The van der Waals surface area contributed by atoms with Crippen LogP contribution in [-0.4, -0.2) is 49.9 Å². The third-order valence-corrected chi connectivity index (χ3v) is 2.72. The zero-order valence-corrected chi connectivity index (χ0v) is 8.80. The lowest BCUT2D eigenvalue weighted by Crippen LogP contribution is -2.35. The van der Waals surface area contributed by atoms with Crippen LogP contribution in [0.1, 0.15) is 6.23 Å². The SMILES string of the molecule is O=c1cc(O)ccn1[C@H]1O[C@@H](CO)[C@@H](O)[C@@H]1O. The molecular weight excluding hydrogens is 230 g/mol. The molecule has 2 rings (SSSR count). The van der Waals surface area contributed by atoms with Crippen LogP contribution in [0.25, 0.3) is 0 Å². The van der Waals surface area contributed by atoms with Gasteiger partial charge in [-0.1, -0.05) is 0 Å². The summed E-state index contributed by atoms with van der Waals surface area (Å²) >= 11 is 0. The zero-order chi connectivity index (χ0) is 12.6. The summed E-state index contributed by atoms with van der Waals surface area (Å²) in [6.45, 7) is -0.457. The molecule has 1 aliphatic heterocycles. The number of aliphatic hydroxyl groups excluding tert-OH is 3. The van der Waals surface area contributed by atoms with Gasteiger partial charge in [0.15, 0.2) is 6.23 Å². The number of ether oxygens (including phenoxy) is 1. The van der Waals surface area contributed by atoms with Gasteiger partial charge in [0.05, 0.1) is 6.61 Å². The monoisotopic (exact) mass is 243 g/mol. The van der Waals surface area contributed by atoms with E-state index in [-0.39, 0.29) is 5.75 Å². The summed E-state index contributed by atoms with van der Waals surface area (Å²) in [7, 11) is 0. The number of rotatable bonds is 2. The molecule has 4 atom stereocenters. The molecule has 0 spiro atoms. The second kappa shape index (κ2) is 4.46. The first-order valence-electron chi connectivity index (χ1n) is 5.08. The molecule has 1 fully saturated rings. The van der Waals surface area contributed by atoms with Gasteiger partial charge in [-0.3, -0.25) is 9.36 Å². The van der Waals surface area contributed by atoms with Gasteiger partial charge in [-0.15, -0.1) is 0 Å². The van der Waals surface area contributed by atoms with Crippen LogP contribution in [0.3, 0.4) is 0 Å². The Hall–Kier alpha value is -1.41. The maximum Gasteiger partial charge on any atom is 0.256 e. The van der Waals surface area contributed by atoms with Gasteiger partial charge in [0, 0.05) is 12.3 Å². The van der Waals surface area contributed by atoms with Crippen LogP contribution in [0.2, 0.25) is 0 Å². The van der Waals surface area contributed by atoms with Crippen LogP contribution >= 0.6 is 0 Å². The van der Waals surface area contributed by atoms with Crippen molar-refractivity contribution in [2.24, 2.45) is 0 Å². The summed E-state index contributed by atoms with van der Waals surface area (Å²) in [4.78, 5) is 11.5. The van der Waals surface area contributed by atoms with Gasteiger partial charge < -0.3 is 25.2 Å². The minimum absolute atomic E-state index is 0.196. The predicted octanol–water partition coefficient (Wildman–Crippen LogP) is -1.83. The van der Waals surface area contributed by atoms with E-state index < -0.39 is 36.7 Å². The van der Waals surface area contributed by atoms with Crippen LogP contribution in [0.5, 0.6) is 5.75 Å². The Morgan fingerprint density at radius 1 is 1.35 bits per heavy atom. The molecule has 1 aliphatic rings. The van der Waals surface area contributed by atoms with E-state index >= 15 is 0 Å². The second-order valence-electron chi connectivity index (χ2n) is 3.86. The summed E-state index contributed by atoms with van der Waals surface area (Å²) < 4.78 is 6.22. The fourth-order valence-corrected chi connectivity index (χ4v) is 1.80. The van der Waals surface area contributed by atoms with E-state index in [1.165, 1.54) is 12.3 Å². The molecule has 0 aliphatic carbocycles. The number of pyridine rings is 1. The smallest absolute Gasteiger partial charge is 0.256 e. The fourth-order valence-electron chi connectivity index (χ4n) is 1.80. The first-order chi connectivity index (χ1) is 8.04. The van der Waals surface area contributed by atoms with E-state index in [4.69, 9.17) is 14.9 Å². The molecule has 0 unspecified atom stereocenters. The third-order valence-electron chi connectivity index (χ3n) is 2.72. The molecule has 0 radical (unpaired) electrons. The molecule has 1 aromatic heterocycles. The summed E-state index contributed by atoms with van der Waals surface area (Å²) in [5.41, 5.74) is -0.570. The minimum atomic E-state index is -1.31. The van der Waals surface area contributed by atoms with Crippen molar-refractivity contribution in [3.63, 3.8) is 0 Å². The van der Waals surface area contributed by atoms with Gasteiger partial charge >= 0.3 is 0 Å². The summed E-state index contributed by atoms with van der Waals surface area (Å²) in [5.74, 6) is -0.196. The lowest BCUT2D eigenvalue weighted by Gasteiger charge is -2.17. The molecule has 4 N–H and O–H groups in total. The van der Waals surface area contributed by atoms with Crippen molar-refractivity contribution in [2.75, 3.05) is 6.61 Å². The maximum absolute atomic E-state index is 11.5. The van der Waals surface area contributed by atoms with Crippen molar-refractivity contribution in [2.45, 2.75) is 24.5 Å². The highest BCUT2D eigenvalue weighted by Gasteiger charge is 2.43. The molecule has 7 heteroatoms. The highest BCUT2D eigenvalue weighted by Crippen LogP contribution is 2.28. The fraction of sp³-hybridized carbons (Fsp3) is 0.500.